The molecule has 114 valence electrons. The second kappa shape index (κ2) is 6.26. The Hall–Kier alpha value is -1.89. The fourth-order valence-corrected chi connectivity index (χ4v) is 2.53. The van der Waals surface area contributed by atoms with Gasteiger partial charge in [-0.15, -0.1) is 5.10 Å². The van der Waals surface area contributed by atoms with E-state index in [9.17, 15) is 0 Å². The maximum Gasteiger partial charge on any atom is 0.318 e. The van der Waals surface area contributed by atoms with Crippen molar-refractivity contribution in [1.82, 2.24) is 24.6 Å². The Morgan fingerprint density at radius 3 is 2.67 bits per heavy atom. The summed E-state index contributed by atoms with van der Waals surface area (Å²) in [6.07, 6.45) is 5.71. The largest absolute Gasteiger partial charge is 0.408 e. The Labute approximate surface area is 124 Å². The number of anilines is 1. The highest BCUT2D eigenvalue weighted by Crippen LogP contribution is 2.16. The third-order valence-electron chi connectivity index (χ3n) is 3.85. The van der Waals surface area contributed by atoms with E-state index in [0.29, 0.717) is 6.01 Å². The molecule has 2 aromatic heterocycles. The average molecular weight is 290 g/mol. The average Bonchev–Trinajstić information content (AvgIpc) is 3.11. The van der Waals surface area contributed by atoms with Crippen molar-refractivity contribution in [3.63, 3.8) is 0 Å². The lowest BCUT2D eigenvalue weighted by Crippen LogP contribution is -2.46. The molecule has 1 fully saturated rings. The molecule has 0 saturated carbocycles. The number of piperazine rings is 1. The van der Waals surface area contributed by atoms with Crippen LogP contribution in [0.4, 0.5) is 6.01 Å². The molecule has 3 rings (SSSR count). The number of rotatable bonds is 5. The molecule has 0 N–H and O–H groups in total. The van der Waals surface area contributed by atoms with Crippen LogP contribution in [0.3, 0.4) is 0 Å². The second-order valence-corrected chi connectivity index (χ2v) is 5.45. The quantitative estimate of drug-likeness (QED) is 0.821. The summed E-state index contributed by atoms with van der Waals surface area (Å²) < 4.78 is 7.76. The van der Waals surface area contributed by atoms with Gasteiger partial charge < -0.3 is 13.9 Å². The van der Waals surface area contributed by atoms with Gasteiger partial charge in [-0.25, -0.2) is 4.98 Å². The molecule has 0 aromatic carbocycles. The van der Waals surface area contributed by atoms with Gasteiger partial charge in [0.2, 0.25) is 5.89 Å². The van der Waals surface area contributed by atoms with E-state index in [1.807, 2.05) is 19.4 Å². The van der Waals surface area contributed by atoms with Crippen LogP contribution >= 0.6 is 0 Å². The second-order valence-electron chi connectivity index (χ2n) is 5.45. The molecule has 0 atom stereocenters. The molecule has 1 aliphatic heterocycles. The molecule has 7 nitrogen and oxygen atoms in total. The molecule has 3 heterocycles. The fourth-order valence-electron chi connectivity index (χ4n) is 2.53. The molecule has 7 heteroatoms. The van der Waals surface area contributed by atoms with Gasteiger partial charge in [-0.05, 0) is 6.42 Å². The summed E-state index contributed by atoms with van der Waals surface area (Å²) in [4.78, 5) is 8.95. The van der Waals surface area contributed by atoms with Gasteiger partial charge in [-0.3, -0.25) is 4.90 Å². The van der Waals surface area contributed by atoms with Crippen LogP contribution in [-0.4, -0.2) is 50.8 Å². The molecule has 0 unspecified atom stereocenters. The summed E-state index contributed by atoms with van der Waals surface area (Å²) in [6, 6.07) is 0.662. The molecule has 0 amide bonds. The minimum absolute atomic E-state index is 0.662. The smallest absolute Gasteiger partial charge is 0.318 e. The van der Waals surface area contributed by atoms with E-state index in [4.69, 9.17) is 4.42 Å². The van der Waals surface area contributed by atoms with Crippen molar-refractivity contribution in [2.75, 3.05) is 31.1 Å². The molecule has 0 bridgehead atoms. The highest BCUT2D eigenvalue weighted by molar-refractivity contribution is 5.25. The minimum atomic E-state index is 0.662. The zero-order chi connectivity index (χ0) is 14.7. The zero-order valence-electron chi connectivity index (χ0n) is 12.7. The van der Waals surface area contributed by atoms with E-state index in [1.54, 1.807) is 0 Å². The molecule has 1 saturated heterocycles. The molecule has 21 heavy (non-hydrogen) atoms. The summed E-state index contributed by atoms with van der Waals surface area (Å²) in [5.74, 6) is 1.84. The van der Waals surface area contributed by atoms with Gasteiger partial charge in [0.1, 0.15) is 5.82 Å². The van der Waals surface area contributed by atoms with Gasteiger partial charge in [-0.1, -0.05) is 12.0 Å². The van der Waals surface area contributed by atoms with Gasteiger partial charge in [0.05, 0.1) is 6.54 Å². The van der Waals surface area contributed by atoms with Gasteiger partial charge in [0, 0.05) is 52.0 Å². The summed E-state index contributed by atoms with van der Waals surface area (Å²) in [5.41, 5.74) is 0. The van der Waals surface area contributed by atoms with Crippen molar-refractivity contribution in [2.24, 2.45) is 7.05 Å². The van der Waals surface area contributed by atoms with E-state index in [2.05, 4.69) is 36.5 Å². The van der Waals surface area contributed by atoms with Crippen LogP contribution in [0, 0.1) is 0 Å². The molecule has 1 aliphatic rings. The van der Waals surface area contributed by atoms with Crippen molar-refractivity contribution < 1.29 is 4.42 Å². The Morgan fingerprint density at radius 2 is 2.00 bits per heavy atom. The van der Waals surface area contributed by atoms with Crippen molar-refractivity contribution >= 4 is 6.01 Å². The number of aromatic nitrogens is 4. The zero-order valence-corrected chi connectivity index (χ0v) is 12.7. The molecule has 2 aromatic rings. The highest BCUT2D eigenvalue weighted by Gasteiger charge is 2.21. The first-order chi connectivity index (χ1) is 10.3. The third-order valence-corrected chi connectivity index (χ3v) is 3.85. The van der Waals surface area contributed by atoms with Crippen LogP contribution in [-0.2, 0) is 20.0 Å². The van der Waals surface area contributed by atoms with E-state index >= 15 is 0 Å². The summed E-state index contributed by atoms with van der Waals surface area (Å²) in [5, 5.41) is 8.23. The van der Waals surface area contributed by atoms with E-state index in [0.717, 1.165) is 57.3 Å². The van der Waals surface area contributed by atoms with Crippen molar-refractivity contribution in [2.45, 2.75) is 26.3 Å². The molecular weight excluding hydrogens is 268 g/mol. The van der Waals surface area contributed by atoms with Gasteiger partial charge >= 0.3 is 6.01 Å². The van der Waals surface area contributed by atoms with Crippen molar-refractivity contribution in [3.8, 4) is 0 Å². The summed E-state index contributed by atoms with van der Waals surface area (Å²) in [6.45, 7) is 6.80. The summed E-state index contributed by atoms with van der Waals surface area (Å²) >= 11 is 0. The third kappa shape index (κ3) is 3.24. The van der Waals surface area contributed by atoms with E-state index in [-0.39, 0.29) is 0 Å². The Bertz CT molecular complexity index is 570. The maximum atomic E-state index is 5.69. The molecule has 0 radical (unpaired) electrons. The van der Waals surface area contributed by atoms with E-state index in [1.165, 1.54) is 0 Å². The number of hydrogen-bond acceptors (Lipinski definition) is 6. The monoisotopic (exact) mass is 290 g/mol. The predicted molar refractivity (Wildman–Crippen MR) is 79.0 cm³/mol. The first kappa shape index (κ1) is 14.1. The van der Waals surface area contributed by atoms with E-state index < -0.39 is 0 Å². The number of nitrogens with zero attached hydrogens (tertiary/aromatic N) is 6. The first-order valence-electron chi connectivity index (χ1n) is 7.52. The van der Waals surface area contributed by atoms with Crippen molar-refractivity contribution in [1.29, 1.82) is 0 Å². The number of imidazole rings is 1. The topological polar surface area (TPSA) is 63.2 Å². The van der Waals surface area contributed by atoms with Crippen molar-refractivity contribution in [3.05, 3.63) is 24.1 Å². The minimum Gasteiger partial charge on any atom is -0.408 e. The molecule has 0 spiro atoms. The van der Waals surface area contributed by atoms with Crippen LogP contribution < -0.4 is 4.90 Å². The van der Waals surface area contributed by atoms with Crippen LogP contribution in [0.5, 0.6) is 0 Å². The predicted octanol–water partition coefficient (Wildman–Crippen LogP) is 1.08. The van der Waals surface area contributed by atoms with Gasteiger partial charge in [0.25, 0.3) is 0 Å². The summed E-state index contributed by atoms with van der Waals surface area (Å²) in [7, 11) is 2.03. The van der Waals surface area contributed by atoms with Crippen LogP contribution in [0.25, 0.3) is 0 Å². The Morgan fingerprint density at radius 1 is 1.19 bits per heavy atom. The van der Waals surface area contributed by atoms with Crippen LogP contribution in [0.2, 0.25) is 0 Å². The normalized spacial score (nSPS) is 16.6. The van der Waals surface area contributed by atoms with Gasteiger partial charge in [-0.2, -0.15) is 0 Å². The molecule has 0 aliphatic carbocycles. The Balaban J connectivity index is 1.53. The van der Waals surface area contributed by atoms with Gasteiger partial charge in [0.15, 0.2) is 0 Å². The number of hydrogen-bond donors (Lipinski definition) is 0. The lowest BCUT2D eigenvalue weighted by atomic mass is 10.3. The SMILES string of the molecule is CCCc1nnc(N2CCN(Cc3nccn3C)CC2)o1. The lowest BCUT2D eigenvalue weighted by Gasteiger charge is -2.33. The van der Waals surface area contributed by atoms with Crippen LogP contribution in [0.15, 0.2) is 16.8 Å². The number of aryl methyl sites for hydroxylation is 2. The standard InChI is InChI=1S/C14H22N6O/c1-3-4-13-16-17-14(21-13)20-9-7-19(8-10-20)11-12-15-5-6-18(12)2/h5-6H,3-4,7-11H2,1-2H3. The first-order valence-corrected chi connectivity index (χ1v) is 7.52. The highest BCUT2D eigenvalue weighted by atomic mass is 16.4. The maximum absolute atomic E-state index is 5.69. The Kier molecular flexibility index (Phi) is 4.19. The fraction of sp³-hybridized carbons (Fsp3) is 0.643. The molecular formula is C14H22N6O. The lowest BCUT2D eigenvalue weighted by molar-refractivity contribution is 0.237. The van der Waals surface area contributed by atoms with Crippen LogP contribution in [0.1, 0.15) is 25.1 Å².